The summed E-state index contributed by atoms with van der Waals surface area (Å²) >= 11 is 0. The van der Waals surface area contributed by atoms with Crippen molar-refractivity contribution in [2.24, 2.45) is 65.1 Å². The number of amides is 4. The van der Waals surface area contributed by atoms with Crippen molar-refractivity contribution < 1.29 is 71.7 Å². The second-order valence-corrected chi connectivity index (χ2v) is 25.5. The molecule has 0 saturated carbocycles. The molecular formula is C67H117N5O15. The largest absolute Gasteiger partial charge is 0.467 e. The zero-order valence-corrected chi connectivity index (χ0v) is 57.8. The summed E-state index contributed by atoms with van der Waals surface area (Å²) in [7, 11) is 7.40. The minimum atomic E-state index is -1.15. The zero-order valence-electron chi connectivity index (χ0n) is 57.8. The Morgan fingerprint density at radius 2 is 0.839 bits per heavy atom. The maximum Gasteiger partial charge on any atom is 0.328 e. The van der Waals surface area contributed by atoms with Gasteiger partial charge in [-0.05, 0) is 107 Å². The normalized spacial score (nSPS) is 16.2. The van der Waals surface area contributed by atoms with Crippen LogP contribution >= 0.6 is 0 Å². The molecule has 0 unspecified atom stereocenters. The van der Waals surface area contributed by atoms with E-state index in [0.717, 1.165) is 0 Å². The maximum absolute atomic E-state index is 14.3. The summed E-state index contributed by atoms with van der Waals surface area (Å²) in [6, 6.07) is -3.93. The summed E-state index contributed by atoms with van der Waals surface area (Å²) in [6.45, 7) is 34.7. The summed E-state index contributed by atoms with van der Waals surface area (Å²) in [5.41, 5.74) is 0. The number of likely N-dealkylation sites (N-methyl/N-ethyl adjacent to an activating group) is 3. The van der Waals surface area contributed by atoms with Gasteiger partial charge in [0.1, 0.15) is 24.3 Å². The molecule has 0 aliphatic heterocycles. The molecule has 0 rings (SSSR count). The number of ether oxygens (including phenoxy) is 4. The minimum absolute atomic E-state index is 0.0433. The van der Waals surface area contributed by atoms with Crippen molar-refractivity contribution >= 4 is 64.9 Å². The molecule has 4 amide bonds. The van der Waals surface area contributed by atoms with Gasteiger partial charge in [-0.2, -0.15) is 0 Å². The first kappa shape index (κ1) is 83.3. The van der Waals surface area contributed by atoms with Crippen LogP contribution in [0.1, 0.15) is 196 Å². The molecule has 0 aromatic rings. The molecule has 20 heteroatoms. The molecule has 0 bridgehead atoms. The lowest BCUT2D eigenvalue weighted by molar-refractivity contribution is -0.159. The average molecular weight is 1230 g/mol. The number of hydrogen-bond donors (Lipinski definition) is 3. The van der Waals surface area contributed by atoms with E-state index >= 15 is 0 Å². The molecule has 87 heavy (non-hydrogen) atoms. The first-order valence-electron chi connectivity index (χ1n) is 31.6. The van der Waals surface area contributed by atoms with Crippen molar-refractivity contribution in [1.82, 2.24) is 25.8 Å². The molecule has 0 aliphatic carbocycles. The van der Waals surface area contributed by atoms with E-state index in [9.17, 15) is 52.7 Å². The predicted molar refractivity (Wildman–Crippen MR) is 339 cm³/mol. The molecule has 0 saturated heterocycles. The summed E-state index contributed by atoms with van der Waals surface area (Å²) in [5.74, 6) is -8.36. The van der Waals surface area contributed by atoms with Crippen LogP contribution < -0.4 is 16.0 Å². The molecule has 0 aromatic heterocycles. The molecule has 0 heterocycles. The highest BCUT2D eigenvalue weighted by molar-refractivity contribution is 5.96. The number of Topliss-reactive ketones (excluding diaryl/α,β-unsaturated/α-hetero) is 3. The van der Waals surface area contributed by atoms with Crippen LogP contribution in [0, 0.1) is 65.1 Å². The Morgan fingerprint density at radius 3 is 1.13 bits per heavy atom. The highest BCUT2D eigenvalue weighted by Gasteiger charge is 2.44. The van der Waals surface area contributed by atoms with E-state index in [4.69, 9.17) is 18.9 Å². The molecular weight excluding hydrogens is 1110 g/mol. The smallest absolute Gasteiger partial charge is 0.328 e. The van der Waals surface area contributed by atoms with Gasteiger partial charge in [0.2, 0.25) is 23.6 Å². The number of nitrogens with zero attached hydrogens (tertiary/aromatic N) is 2. The first-order chi connectivity index (χ1) is 40.5. The van der Waals surface area contributed by atoms with Gasteiger partial charge in [0, 0.05) is 59.0 Å². The van der Waals surface area contributed by atoms with Gasteiger partial charge in [-0.15, -0.1) is 0 Å². The number of carbonyl (C=O) groups is 11. The third kappa shape index (κ3) is 29.8. The molecule has 0 aromatic carbocycles. The number of nitrogens with one attached hydrogen (secondary N) is 3. The van der Waals surface area contributed by atoms with Crippen molar-refractivity contribution in [3.8, 4) is 0 Å². The van der Waals surface area contributed by atoms with Crippen LogP contribution in [0.3, 0.4) is 0 Å². The molecule has 20 nitrogen and oxygen atoms in total. The topological polar surface area (TPSA) is 267 Å². The van der Waals surface area contributed by atoms with Crippen LogP contribution in [-0.2, 0) is 71.7 Å². The SMILES string of the molecule is C/C=C/C[C@@H](C)[C@@H](OC(C)=O)[C@H](CC(=O)[C@H](C(C)C)N(C)C(=O)[C@@H](C)CC(C)C)C(=O)N[C@@H](CC)C(=O)OC.C/C=C/C[C@@H](C)[C@@H](OC(C)=O)[C@H](CC(=O)[C@H](C(C)C)N(C)C(=O)[C@@H](CC(=O)[C@H](CC(C)C)NC)CC(C)C)C(=O)N[C@@H](CC)C(=O)OC. The van der Waals surface area contributed by atoms with E-state index < -0.39 is 89.8 Å². The monoisotopic (exact) mass is 1230 g/mol. The van der Waals surface area contributed by atoms with Crippen molar-refractivity contribution in [1.29, 1.82) is 0 Å². The lowest BCUT2D eigenvalue weighted by Gasteiger charge is -2.36. The van der Waals surface area contributed by atoms with Crippen LogP contribution in [0.5, 0.6) is 0 Å². The quantitative estimate of drug-likeness (QED) is 0.0293. The van der Waals surface area contributed by atoms with Gasteiger partial charge in [-0.25, -0.2) is 9.59 Å². The molecule has 0 fully saturated rings. The Hall–Kier alpha value is -5.79. The second kappa shape index (κ2) is 43.0. The Morgan fingerprint density at radius 1 is 0.483 bits per heavy atom. The number of ketones is 3. The van der Waals surface area contributed by atoms with Crippen molar-refractivity contribution in [3.05, 3.63) is 24.3 Å². The summed E-state index contributed by atoms with van der Waals surface area (Å²) < 4.78 is 21.0. The maximum atomic E-state index is 14.3. The van der Waals surface area contributed by atoms with Gasteiger partial charge < -0.3 is 44.7 Å². The van der Waals surface area contributed by atoms with E-state index in [0.29, 0.717) is 38.0 Å². The fraction of sp³-hybridized carbons (Fsp3) is 0.776. The number of rotatable bonds is 40. The number of carbonyl (C=O) groups excluding carboxylic acids is 11. The van der Waals surface area contributed by atoms with Gasteiger partial charge in [0.15, 0.2) is 17.3 Å². The molecule has 0 radical (unpaired) electrons. The van der Waals surface area contributed by atoms with Crippen LogP contribution in [0.2, 0.25) is 0 Å². The molecule has 0 aliphatic rings. The van der Waals surface area contributed by atoms with Gasteiger partial charge in [0.05, 0.1) is 44.2 Å². The van der Waals surface area contributed by atoms with Gasteiger partial charge in [-0.3, -0.25) is 43.2 Å². The minimum Gasteiger partial charge on any atom is -0.467 e. The van der Waals surface area contributed by atoms with Crippen LogP contribution in [0.25, 0.3) is 0 Å². The second-order valence-electron chi connectivity index (χ2n) is 25.5. The number of allylic oxidation sites excluding steroid dienone is 4. The molecule has 0 spiro atoms. The third-order valence-electron chi connectivity index (χ3n) is 15.6. The van der Waals surface area contributed by atoms with Crippen molar-refractivity contribution in [3.63, 3.8) is 0 Å². The zero-order chi connectivity index (χ0) is 67.7. The molecule has 500 valence electrons. The lowest BCUT2D eigenvalue weighted by Crippen LogP contribution is -2.52. The molecule has 13 atom stereocenters. The Kier molecular flexibility index (Phi) is 41.1. The van der Waals surface area contributed by atoms with E-state index in [1.807, 2.05) is 128 Å². The fourth-order valence-corrected chi connectivity index (χ4v) is 11.3. The van der Waals surface area contributed by atoms with Gasteiger partial charge in [0.25, 0.3) is 0 Å². The molecule has 3 N–H and O–H groups in total. The highest BCUT2D eigenvalue weighted by atomic mass is 16.6. The first-order valence-corrected chi connectivity index (χ1v) is 31.6. The van der Waals surface area contributed by atoms with Gasteiger partial charge in [-0.1, -0.05) is 128 Å². The van der Waals surface area contributed by atoms with Crippen LogP contribution in [-0.4, -0.2) is 152 Å². The van der Waals surface area contributed by atoms with E-state index in [1.165, 1.54) is 37.9 Å². The third-order valence-corrected chi connectivity index (χ3v) is 15.6. The van der Waals surface area contributed by atoms with E-state index in [2.05, 4.69) is 16.0 Å². The van der Waals surface area contributed by atoms with Crippen LogP contribution in [0.15, 0.2) is 24.3 Å². The fourth-order valence-electron chi connectivity index (χ4n) is 11.3. The van der Waals surface area contributed by atoms with Crippen molar-refractivity contribution in [2.45, 2.75) is 238 Å². The van der Waals surface area contributed by atoms with E-state index in [-0.39, 0.29) is 109 Å². The summed E-state index contributed by atoms with van der Waals surface area (Å²) in [6.07, 6.45) is 8.36. The number of hydrogen-bond acceptors (Lipinski definition) is 16. The van der Waals surface area contributed by atoms with Gasteiger partial charge >= 0.3 is 23.9 Å². The van der Waals surface area contributed by atoms with Crippen molar-refractivity contribution in [2.75, 3.05) is 35.4 Å². The Labute approximate surface area is 523 Å². The lowest BCUT2D eigenvalue weighted by atomic mass is 9.82. The average Bonchev–Trinajstić information content (AvgIpc) is 1.31. The highest BCUT2D eigenvalue weighted by Crippen LogP contribution is 2.31. The van der Waals surface area contributed by atoms with E-state index in [1.54, 1.807) is 35.0 Å². The predicted octanol–water partition coefficient (Wildman–Crippen LogP) is 9.23. The number of esters is 4. The Balaban J connectivity index is 0. The Bertz CT molecular complexity index is 2240. The summed E-state index contributed by atoms with van der Waals surface area (Å²) in [5, 5.41) is 8.48. The number of methoxy groups -OCH3 is 2. The van der Waals surface area contributed by atoms with Crippen LogP contribution in [0.4, 0.5) is 0 Å². The summed E-state index contributed by atoms with van der Waals surface area (Å²) in [4.78, 5) is 148. The standard InChI is InChI=1S/C37H65N3O8.C30H52N2O7/c1-14-16-17-25(9)34(48-26(10)41)28(35(44)39-29(15-2)37(46)47-13)21-32(43)33(24(7)8)40(12)36(45)27(18-22(3)4)20-31(42)30(38-11)19-23(5)6;1-12-14-15-20(7)27(39-22(9)33)23(28(35)31-24(13-2)30(37)38-11)17-25(34)26(19(5)6)32(10)29(36)21(8)16-18(3)4/h14,16,22-25,27-30,33-34,38H,15,17-21H2,1-13H3,(H,39,44);12,14,18-21,23-24,26-27H,13,15-17H2,1-11H3,(H,31,35)/b16-14+;14-12+/t25-,27-,28+,29+,30+,33+,34-;20-,21+,23+,24+,26+,27-/m11/s1.